The normalized spacial score (nSPS) is 14.0. The van der Waals surface area contributed by atoms with Crippen molar-refractivity contribution in [3.8, 4) is 0 Å². The Hall–Kier alpha value is -3.73. The zero-order valence-corrected chi connectivity index (χ0v) is 44.1. The summed E-state index contributed by atoms with van der Waals surface area (Å²) in [6.07, 6.45) is 91.4. The highest BCUT2D eigenvalue weighted by atomic mass is 16.3. The summed E-state index contributed by atoms with van der Waals surface area (Å²) in [7, 11) is 0. The number of unbranched alkanes of at least 4 members (excludes halogenated alkanes) is 20. The fraction of sp³-hybridized carbons (Fsp3) is 0.609. The molecule has 0 fully saturated rings. The number of rotatable bonds is 49. The molecule has 0 saturated carbocycles. The van der Waals surface area contributed by atoms with Gasteiger partial charge in [0, 0.05) is 6.42 Å². The maximum atomic E-state index is 12.5. The third-order valence-corrected chi connectivity index (χ3v) is 11.8. The van der Waals surface area contributed by atoms with Gasteiger partial charge in [-0.3, -0.25) is 4.79 Å². The molecule has 0 aliphatic heterocycles. The number of allylic oxidation sites excluding steroid dienone is 23. The highest BCUT2D eigenvalue weighted by Gasteiger charge is 2.17. The van der Waals surface area contributed by atoms with Gasteiger partial charge in [-0.05, 0) is 116 Å². The van der Waals surface area contributed by atoms with E-state index in [9.17, 15) is 15.0 Å². The van der Waals surface area contributed by atoms with Crippen LogP contribution in [-0.4, -0.2) is 34.9 Å². The minimum atomic E-state index is -0.891. The molecule has 2 unspecified atom stereocenters. The summed E-state index contributed by atoms with van der Waals surface area (Å²) < 4.78 is 0. The monoisotopic (exact) mass is 936 g/mol. The predicted molar refractivity (Wildman–Crippen MR) is 303 cm³/mol. The fourth-order valence-electron chi connectivity index (χ4n) is 7.55. The Balaban J connectivity index is 3.72. The Kier molecular flexibility index (Phi) is 54.4. The molecule has 0 aromatic carbocycles. The molecule has 0 radical (unpaired) electrons. The number of hydrogen-bond donors (Lipinski definition) is 3. The second-order valence-electron chi connectivity index (χ2n) is 18.2. The summed E-state index contributed by atoms with van der Waals surface area (Å²) >= 11 is 0. The molecule has 4 nitrogen and oxygen atoms in total. The number of carbonyl (C=O) groups is 1. The molecular weight excluding hydrogens is 831 g/mol. The van der Waals surface area contributed by atoms with E-state index in [1.165, 1.54) is 96.3 Å². The third-order valence-electron chi connectivity index (χ3n) is 11.8. The molecule has 0 spiro atoms. The van der Waals surface area contributed by atoms with Gasteiger partial charge in [0.05, 0.1) is 18.8 Å². The van der Waals surface area contributed by atoms with Gasteiger partial charge in [-0.2, -0.15) is 0 Å². The van der Waals surface area contributed by atoms with Crippen molar-refractivity contribution in [3.63, 3.8) is 0 Å². The summed E-state index contributed by atoms with van der Waals surface area (Å²) in [5.41, 5.74) is 0. The van der Waals surface area contributed by atoms with Gasteiger partial charge in [-0.1, -0.05) is 256 Å². The second kappa shape index (κ2) is 57.6. The Bertz CT molecular complexity index is 1430. The van der Waals surface area contributed by atoms with Crippen LogP contribution in [0.4, 0.5) is 0 Å². The lowest BCUT2D eigenvalue weighted by molar-refractivity contribution is -0.123. The maximum absolute atomic E-state index is 12.5. The number of hydrogen-bond acceptors (Lipinski definition) is 3. The van der Waals surface area contributed by atoms with Crippen molar-refractivity contribution in [2.24, 2.45) is 0 Å². The molecule has 0 aliphatic rings. The van der Waals surface area contributed by atoms with Crippen molar-refractivity contribution in [3.05, 3.63) is 146 Å². The lowest BCUT2D eigenvalue weighted by atomic mass is 10.0. The molecule has 0 aliphatic carbocycles. The van der Waals surface area contributed by atoms with Crippen LogP contribution < -0.4 is 5.32 Å². The topological polar surface area (TPSA) is 69.6 Å². The number of carbonyl (C=O) groups excluding carboxylic acids is 1. The van der Waals surface area contributed by atoms with Gasteiger partial charge in [0.2, 0.25) is 5.91 Å². The Morgan fingerprint density at radius 2 is 0.662 bits per heavy atom. The fourth-order valence-corrected chi connectivity index (χ4v) is 7.55. The molecule has 68 heavy (non-hydrogen) atoms. The summed E-state index contributed by atoms with van der Waals surface area (Å²) in [5, 5.41) is 23.1. The van der Waals surface area contributed by atoms with E-state index in [0.717, 1.165) is 116 Å². The quantitative estimate of drug-likeness (QED) is 0.0420. The third kappa shape index (κ3) is 53.2. The lowest BCUT2D eigenvalue weighted by Gasteiger charge is -2.19. The van der Waals surface area contributed by atoms with E-state index in [1.54, 1.807) is 6.08 Å². The summed E-state index contributed by atoms with van der Waals surface area (Å²) in [4.78, 5) is 12.5. The molecule has 4 heteroatoms. The van der Waals surface area contributed by atoms with Gasteiger partial charge in [-0.25, -0.2) is 0 Å². The average Bonchev–Trinajstić information content (AvgIpc) is 3.34. The van der Waals surface area contributed by atoms with Gasteiger partial charge in [-0.15, -0.1) is 0 Å². The first-order valence-corrected chi connectivity index (χ1v) is 28.0. The molecule has 0 bridgehead atoms. The Labute approximate surface area is 421 Å². The van der Waals surface area contributed by atoms with Crippen LogP contribution in [0.25, 0.3) is 0 Å². The van der Waals surface area contributed by atoms with Gasteiger partial charge in [0.1, 0.15) is 0 Å². The van der Waals surface area contributed by atoms with E-state index in [0.29, 0.717) is 6.42 Å². The minimum Gasteiger partial charge on any atom is -0.394 e. The molecule has 0 saturated heterocycles. The highest BCUT2D eigenvalue weighted by molar-refractivity contribution is 5.76. The summed E-state index contributed by atoms with van der Waals surface area (Å²) in [6, 6.07) is -0.669. The molecule has 0 rings (SSSR count). The van der Waals surface area contributed by atoms with E-state index < -0.39 is 12.1 Å². The maximum Gasteiger partial charge on any atom is 0.220 e. The largest absolute Gasteiger partial charge is 0.394 e. The average molecular weight is 937 g/mol. The number of amides is 1. The van der Waals surface area contributed by atoms with Gasteiger partial charge in [0.15, 0.2) is 0 Å². The van der Waals surface area contributed by atoms with Crippen LogP contribution in [0.15, 0.2) is 146 Å². The van der Waals surface area contributed by atoms with Crippen molar-refractivity contribution in [2.75, 3.05) is 6.61 Å². The van der Waals surface area contributed by atoms with Crippen LogP contribution in [0, 0.1) is 0 Å². The van der Waals surface area contributed by atoms with Crippen molar-refractivity contribution >= 4 is 5.91 Å². The zero-order valence-electron chi connectivity index (χ0n) is 44.1. The van der Waals surface area contributed by atoms with Gasteiger partial charge < -0.3 is 15.5 Å². The molecule has 384 valence electrons. The van der Waals surface area contributed by atoms with E-state index in [4.69, 9.17) is 0 Å². The first-order chi connectivity index (χ1) is 33.7. The molecule has 0 heterocycles. The Morgan fingerprint density at radius 3 is 1.03 bits per heavy atom. The van der Waals surface area contributed by atoms with Crippen LogP contribution >= 0.6 is 0 Å². The van der Waals surface area contributed by atoms with E-state index in [1.807, 2.05) is 6.08 Å². The van der Waals surface area contributed by atoms with Crippen LogP contribution in [0.2, 0.25) is 0 Å². The zero-order chi connectivity index (χ0) is 49.2. The standard InChI is InChI=1S/C64H105NO3/c1-3-5-7-9-11-13-15-17-19-21-23-25-27-28-29-30-31-32-33-34-35-36-38-40-42-44-46-48-50-52-54-56-58-60-64(68)65-62(61-66)63(67)59-57-55-53-51-49-47-45-43-41-39-37-26-24-22-20-18-16-14-12-10-8-6-4-2/h5,7,11,13,17,19,23,25,28-29,31-32,34-35,38,40-41,43-44,46,49,51,57,59,62-63,66-67H,3-4,6,8-10,12,14-16,18,20-22,24,26-27,30,33,36-37,39,42,45,47-48,50,52-56,58,60-61H2,1-2H3,(H,65,68)/b7-5-,13-11-,19-17-,25-23-,29-28-,32-31-,35-34-,40-38-,43-41+,46-44-,51-49+,59-57+. The van der Waals surface area contributed by atoms with E-state index in [2.05, 4.69) is 153 Å². The smallest absolute Gasteiger partial charge is 0.220 e. The number of aliphatic hydroxyl groups is 2. The van der Waals surface area contributed by atoms with Gasteiger partial charge in [0.25, 0.3) is 0 Å². The van der Waals surface area contributed by atoms with E-state index in [-0.39, 0.29) is 12.5 Å². The van der Waals surface area contributed by atoms with Crippen molar-refractivity contribution < 1.29 is 15.0 Å². The van der Waals surface area contributed by atoms with Gasteiger partial charge >= 0.3 is 0 Å². The number of aliphatic hydroxyl groups excluding tert-OH is 2. The molecule has 1 amide bonds. The Morgan fingerprint density at radius 1 is 0.368 bits per heavy atom. The lowest BCUT2D eigenvalue weighted by Crippen LogP contribution is -2.45. The van der Waals surface area contributed by atoms with Crippen LogP contribution in [-0.2, 0) is 4.79 Å². The van der Waals surface area contributed by atoms with E-state index >= 15 is 0 Å². The number of nitrogens with one attached hydrogen (secondary N) is 1. The minimum absolute atomic E-state index is 0.103. The molecule has 2 atom stereocenters. The van der Waals surface area contributed by atoms with Crippen LogP contribution in [0.5, 0.6) is 0 Å². The molecule has 3 N–H and O–H groups in total. The molecule has 0 aromatic rings. The van der Waals surface area contributed by atoms with Crippen molar-refractivity contribution in [2.45, 2.75) is 244 Å². The first kappa shape index (κ1) is 64.3. The van der Waals surface area contributed by atoms with Crippen LogP contribution in [0.1, 0.15) is 232 Å². The summed E-state index contributed by atoms with van der Waals surface area (Å²) in [5.74, 6) is -0.103. The highest BCUT2D eigenvalue weighted by Crippen LogP contribution is 2.14. The second-order valence-corrected chi connectivity index (χ2v) is 18.2. The summed E-state index contributed by atoms with van der Waals surface area (Å²) in [6.45, 7) is 4.17. The van der Waals surface area contributed by atoms with Crippen molar-refractivity contribution in [1.82, 2.24) is 5.32 Å². The first-order valence-electron chi connectivity index (χ1n) is 28.0. The SMILES string of the molecule is CC/C=C\C/C=C\C/C=C\C/C=C\C/C=C\C/C=C\C/C=C\C/C=C\C/C=C\CCCCCCCC(=O)NC(CO)C(O)/C=C/CC/C=C/CC/C=C/CCCCCCCCCCCCCCC. The molecular formula is C64H105NO3. The van der Waals surface area contributed by atoms with Crippen LogP contribution in [0.3, 0.4) is 0 Å². The predicted octanol–water partition coefficient (Wildman–Crippen LogP) is 18.8. The molecule has 0 aromatic heterocycles. The van der Waals surface area contributed by atoms with Crippen molar-refractivity contribution in [1.29, 1.82) is 0 Å².